The molecule has 132 valence electrons. The minimum atomic E-state index is -0.450. The highest BCUT2D eigenvalue weighted by atomic mass is 16.5. The number of hydrogen-bond acceptors (Lipinski definition) is 4. The first-order valence-electron chi connectivity index (χ1n) is 8.44. The molecule has 27 heavy (non-hydrogen) atoms. The van der Waals surface area contributed by atoms with Gasteiger partial charge in [-0.15, -0.1) is 0 Å². The number of phenolic OH excluding ortho intramolecular Hbond substituents is 1. The van der Waals surface area contributed by atoms with Gasteiger partial charge in [0.2, 0.25) is 0 Å². The Hall–Kier alpha value is -3.78. The van der Waals surface area contributed by atoms with Crippen molar-refractivity contribution >= 4 is 27.8 Å². The number of aromatic hydroxyl groups is 1. The smallest absolute Gasteiger partial charge is 0.338 e. The lowest BCUT2D eigenvalue weighted by molar-refractivity contribution is 0.0603. The van der Waals surface area contributed by atoms with Crippen molar-refractivity contribution in [1.82, 2.24) is 4.57 Å². The van der Waals surface area contributed by atoms with Crippen LogP contribution in [0.2, 0.25) is 0 Å². The lowest BCUT2D eigenvalue weighted by Gasteiger charge is -2.08. The molecular formula is C22H16N2O3. The number of carbonyl (C=O) groups is 1. The zero-order valence-corrected chi connectivity index (χ0v) is 14.6. The van der Waals surface area contributed by atoms with E-state index in [-0.39, 0.29) is 5.75 Å². The van der Waals surface area contributed by atoms with Crippen LogP contribution in [0, 0.1) is 11.3 Å². The second-order valence-corrected chi connectivity index (χ2v) is 6.26. The molecule has 0 unspecified atom stereocenters. The molecule has 0 radical (unpaired) electrons. The summed E-state index contributed by atoms with van der Waals surface area (Å²) in [4.78, 5) is 12.3. The first-order chi connectivity index (χ1) is 13.1. The molecule has 1 heterocycles. The molecule has 4 rings (SSSR count). The summed E-state index contributed by atoms with van der Waals surface area (Å²) in [5.74, 6) is -0.340. The van der Waals surface area contributed by atoms with Crippen molar-refractivity contribution in [3.05, 3.63) is 77.4 Å². The molecule has 0 aliphatic heterocycles. The highest BCUT2D eigenvalue weighted by molar-refractivity contribution is 6.19. The number of aromatic nitrogens is 1. The number of phenols is 1. The second kappa shape index (κ2) is 6.50. The monoisotopic (exact) mass is 356 g/mol. The summed E-state index contributed by atoms with van der Waals surface area (Å²) in [6.45, 7) is 0.504. The van der Waals surface area contributed by atoms with Gasteiger partial charge in [0.15, 0.2) is 0 Å². The molecule has 0 atom stereocenters. The number of methoxy groups -OCH3 is 1. The van der Waals surface area contributed by atoms with E-state index in [1.165, 1.54) is 7.11 Å². The fourth-order valence-electron chi connectivity index (χ4n) is 3.54. The van der Waals surface area contributed by atoms with Gasteiger partial charge in [0.1, 0.15) is 5.75 Å². The van der Waals surface area contributed by atoms with Crippen molar-refractivity contribution in [2.75, 3.05) is 7.11 Å². The molecular weight excluding hydrogens is 340 g/mol. The molecule has 3 aromatic carbocycles. The largest absolute Gasteiger partial charge is 0.507 e. The fraction of sp³-hybridized carbons (Fsp3) is 0.0909. The Morgan fingerprint density at radius 2 is 1.78 bits per heavy atom. The summed E-state index contributed by atoms with van der Waals surface area (Å²) in [6.07, 6.45) is 0. The number of carbonyl (C=O) groups excluding carboxylic acids is 1. The van der Waals surface area contributed by atoms with Gasteiger partial charge in [-0.2, -0.15) is 5.26 Å². The third-order valence-corrected chi connectivity index (χ3v) is 4.70. The van der Waals surface area contributed by atoms with Gasteiger partial charge in [0, 0.05) is 11.9 Å². The predicted molar refractivity (Wildman–Crippen MR) is 103 cm³/mol. The summed E-state index contributed by atoms with van der Waals surface area (Å²) < 4.78 is 6.96. The number of rotatable bonds is 3. The van der Waals surface area contributed by atoms with Crippen LogP contribution in [0.3, 0.4) is 0 Å². The van der Waals surface area contributed by atoms with Crippen molar-refractivity contribution in [2.24, 2.45) is 0 Å². The van der Waals surface area contributed by atoms with Crippen LogP contribution < -0.4 is 0 Å². The fourth-order valence-corrected chi connectivity index (χ4v) is 3.54. The molecule has 0 amide bonds. The van der Waals surface area contributed by atoms with Gasteiger partial charge in [-0.3, -0.25) is 0 Å². The minimum Gasteiger partial charge on any atom is -0.507 e. The normalized spacial score (nSPS) is 10.8. The first-order valence-corrected chi connectivity index (χ1v) is 8.44. The number of benzene rings is 3. The maximum atomic E-state index is 12.3. The zero-order chi connectivity index (χ0) is 19.0. The number of ether oxygens (including phenoxy) is 1. The Morgan fingerprint density at radius 3 is 2.52 bits per heavy atom. The van der Waals surface area contributed by atoms with E-state index in [4.69, 9.17) is 10.00 Å². The van der Waals surface area contributed by atoms with Crippen LogP contribution in [0.4, 0.5) is 0 Å². The van der Waals surface area contributed by atoms with Crippen LogP contribution in [0.1, 0.15) is 21.5 Å². The van der Waals surface area contributed by atoms with E-state index in [2.05, 4.69) is 6.07 Å². The van der Waals surface area contributed by atoms with Crippen molar-refractivity contribution in [3.8, 4) is 11.8 Å². The van der Waals surface area contributed by atoms with Crippen molar-refractivity contribution in [1.29, 1.82) is 5.26 Å². The number of esters is 1. The number of fused-ring (bicyclic) bond motifs is 3. The SMILES string of the molecule is COC(=O)c1cccc2c1c1c(O)cccc1n2Cc1cccc(C#N)c1. The number of nitriles is 1. The van der Waals surface area contributed by atoms with Gasteiger partial charge >= 0.3 is 5.97 Å². The summed E-state index contributed by atoms with van der Waals surface area (Å²) in [5, 5.41) is 20.9. The highest BCUT2D eigenvalue weighted by Gasteiger charge is 2.20. The lowest BCUT2D eigenvalue weighted by atomic mass is 10.1. The third-order valence-electron chi connectivity index (χ3n) is 4.70. The maximum absolute atomic E-state index is 12.3. The molecule has 1 N–H and O–H groups in total. The van der Waals surface area contributed by atoms with Gasteiger partial charge in [-0.1, -0.05) is 24.3 Å². The van der Waals surface area contributed by atoms with E-state index in [9.17, 15) is 9.90 Å². The summed E-state index contributed by atoms with van der Waals surface area (Å²) in [7, 11) is 1.34. The second-order valence-electron chi connectivity index (χ2n) is 6.26. The molecule has 5 heteroatoms. The molecule has 0 fully saturated rings. The summed E-state index contributed by atoms with van der Waals surface area (Å²) in [5.41, 5.74) is 3.58. The van der Waals surface area contributed by atoms with E-state index < -0.39 is 5.97 Å². The molecule has 0 aliphatic carbocycles. The Kier molecular flexibility index (Phi) is 4.02. The summed E-state index contributed by atoms with van der Waals surface area (Å²) >= 11 is 0. The van der Waals surface area contributed by atoms with Crippen LogP contribution in [-0.4, -0.2) is 22.8 Å². The highest BCUT2D eigenvalue weighted by Crippen LogP contribution is 2.37. The van der Waals surface area contributed by atoms with Crippen LogP contribution in [0.25, 0.3) is 21.8 Å². The number of hydrogen-bond donors (Lipinski definition) is 1. The van der Waals surface area contributed by atoms with Crippen molar-refractivity contribution in [3.63, 3.8) is 0 Å². The first kappa shape index (κ1) is 16.7. The molecule has 0 saturated heterocycles. The molecule has 0 saturated carbocycles. The Bertz CT molecular complexity index is 1230. The molecule has 0 aliphatic rings. The van der Waals surface area contributed by atoms with Crippen LogP contribution in [-0.2, 0) is 11.3 Å². The Labute approximate surface area is 155 Å². The molecule has 0 bridgehead atoms. The van der Waals surface area contributed by atoms with E-state index in [1.807, 2.05) is 34.9 Å². The van der Waals surface area contributed by atoms with Crippen molar-refractivity contribution < 1.29 is 14.6 Å². The predicted octanol–water partition coefficient (Wildman–Crippen LogP) is 4.21. The molecule has 5 nitrogen and oxygen atoms in total. The van der Waals surface area contributed by atoms with Crippen LogP contribution in [0.15, 0.2) is 60.7 Å². The Balaban J connectivity index is 2.04. The average molecular weight is 356 g/mol. The molecule has 0 spiro atoms. The molecule has 1 aromatic heterocycles. The van der Waals surface area contributed by atoms with E-state index in [1.54, 1.807) is 30.3 Å². The van der Waals surface area contributed by atoms with E-state index >= 15 is 0 Å². The van der Waals surface area contributed by atoms with Gasteiger partial charge in [-0.05, 0) is 42.0 Å². The topological polar surface area (TPSA) is 75.2 Å². The molecule has 4 aromatic rings. The quantitative estimate of drug-likeness (QED) is 0.558. The van der Waals surface area contributed by atoms with E-state index in [0.717, 1.165) is 16.6 Å². The Morgan fingerprint density at radius 1 is 1.07 bits per heavy atom. The van der Waals surface area contributed by atoms with Gasteiger partial charge in [0.05, 0.1) is 40.7 Å². The minimum absolute atomic E-state index is 0.110. The third kappa shape index (κ3) is 2.68. The van der Waals surface area contributed by atoms with Crippen molar-refractivity contribution in [2.45, 2.75) is 6.54 Å². The van der Waals surface area contributed by atoms with Crippen LogP contribution >= 0.6 is 0 Å². The zero-order valence-electron chi connectivity index (χ0n) is 14.6. The number of nitrogens with zero attached hydrogens (tertiary/aromatic N) is 2. The average Bonchev–Trinajstić information content (AvgIpc) is 3.02. The summed E-state index contributed by atoms with van der Waals surface area (Å²) in [6, 6.07) is 20.2. The van der Waals surface area contributed by atoms with Gasteiger partial charge in [-0.25, -0.2) is 4.79 Å². The van der Waals surface area contributed by atoms with Gasteiger partial charge < -0.3 is 14.4 Å². The van der Waals surface area contributed by atoms with Crippen LogP contribution in [0.5, 0.6) is 5.75 Å². The standard InChI is InChI=1S/C22H16N2O3/c1-27-22(26)16-7-3-8-17-20(16)21-18(9-4-10-19(21)25)24(17)13-15-6-2-5-14(11-15)12-23/h2-11,25H,13H2,1H3. The lowest BCUT2D eigenvalue weighted by Crippen LogP contribution is -2.03. The van der Waals surface area contributed by atoms with Gasteiger partial charge in [0.25, 0.3) is 0 Å². The van der Waals surface area contributed by atoms with E-state index in [0.29, 0.717) is 28.4 Å². The maximum Gasteiger partial charge on any atom is 0.338 e.